The fourth-order valence-electron chi connectivity index (χ4n) is 4.21. The van der Waals surface area contributed by atoms with Crippen molar-refractivity contribution in [2.75, 3.05) is 6.61 Å². The molecule has 4 atom stereocenters. The van der Waals surface area contributed by atoms with Gasteiger partial charge in [-0.05, 0) is 52.3 Å². The Balaban J connectivity index is 1.83. The first-order chi connectivity index (χ1) is 14.7. The van der Waals surface area contributed by atoms with E-state index in [2.05, 4.69) is 32.9 Å². The van der Waals surface area contributed by atoms with Gasteiger partial charge in [-0.15, -0.1) is 0 Å². The van der Waals surface area contributed by atoms with Crippen molar-refractivity contribution < 1.29 is 24.8 Å². The molecule has 0 aliphatic carbocycles. The molecule has 1 fully saturated rings. The molecule has 1 saturated heterocycles. The smallest absolute Gasteiger partial charge is 0.119 e. The second-order valence-electron chi connectivity index (χ2n) is 9.01. The number of benzene rings is 1. The first kappa shape index (κ1) is 23.7. The molecular formula is C24H36N2O5. The largest absolute Gasteiger partial charge is 0.491 e. The van der Waals surface area contributed by atoms with E-state index in [0.717, 1.165) is 34.7 Å². The van der Waals surface area contributed by atoms with E-state index in [4.69, 9.17) is 14.6 Å². The number of ether oxygens (including phenoxy) is 2. The lowest BCUT2D eigenvalue weighted by atomic mass is 9.93. The minimum atomic E-state index is -1.07. The van der Waals surface area contributed by atoms with Crippen molar-refractivity contribution in [1.82, 2.24) is 9.78 Å². The summed E-state index contributed by atoms with van der Waals surface area (Å²) in [5.41, 5.74) is 4.36. The number of aliphatic hydroxyl groups is 3. The van der Waals surface area contributed by atoms with E-state index in [1.165, 1.54) is 0 Å². The highest BCUT2D eigenvalue weighted by Crippen LogP contribution is 2.28. The summed E-state index contributed by atoms with van der Waals surface area (Å²) in [5.74, 6) is 0.853. The first-order valence-corrected chi connectivity index (χ1v) is 11.1. The number of nitrogens with zero attached hydrogens (tertiary/aromatic N) is 2. The molecule has 0 radical (unpaired) electrons. The molecule has 7 heteroatoms. The highest BCUT2D eigenvalue weighted by Gasteiger charge is 2.37. The normalized spacial score (nSPS) is 24.2. The van der Waals surface area contributed by atoms with Crippen LogP contribution < -0.4 is 4.74 Å². The molecule has 172 valence electrons. The molecule has 0 bridgehead atoms. The molecule has 31 heavy (non-hydrogen) atoms. The Morgan fingerprint density at radius 2 is 1.84 bits per heavy atom. The lowest BCUT2D eigenvalue weighted by Gasteiger charge is -2.36. The Bertz CT molecular complexity index is 846. The topological polar surface area (TPSA) is 97.0 Å². The van der Waals surface area contributed by atoms with Gasteiger partial charge >= 0.3 is 0 Å². The van der Waals surface area contributed by atoms with E-state index in [1.807, 2.05) is 30.7 Å². The molecular weight excluding hydrogens is 396 g/mol. The van der Waals surface area contributed by atoms with Crippen LogP contribution in [0.15, 0.2) is 24.3 Å². The monoisotopic (exact) mass is 432 g/mol. The maximum atomic E-state index is 10.2. The van der Waals surface area contributed by atoms with Crippen molar-refractivity contribution >= 4 is 0 Å². The zero-order chi connectivity index (χ0) is 22.7. The van der Waals surface area contributed by atoms with E-state index in [-0.39, 0.29) is 24.9 Å². The predicted octanol–water partition coefficient (Wildman–Crippen LogP) is 2.56. The Hall–Kier alpha value is -1.93. The van der Waals surface area contributed by atoms with Crippen molar-refractivity contribution in [2.45, 2.75) is 90.4 Å². The molecule has 3 N–H and O–H groups in total. The van der Waals surface area contributed by atoms with Crippen LogP contribution in [0.4, 0.5) is 0 Å². The lowest BCUT2D eigenvalue weighted by Crippen LogP contribution is -2.50. The van der Waals surface area contributed by atoms with Crippen LogP contribution in [0.5, 0.6) is 5.75 Å². The quantitative estimate of drug-likeness (QED) is 0.593. The molecule has 1 aliphatic rings. The van der Waals surface area contributed by atoms with Crippen LogP contribution in [0.2, 0.25) is 0 Å². The van der Waals surface area contributed by atoms with Gasteiger partial charge in [0.15, 0.2) is 0 Å². The minimum absolute atomic E-state index is 0.135. The standard InChI is InChI=1S/C24H36N2O5/c1-14(2)26-16(5)20(10-17-6-8-18(9-7-17)30-15(3)4)21(25-26)11-19-12-22(28)24(29)23(13-27)31-19/h6-9,14-15,19,22-24,27-29H,10-13H2,1-5H3/t19-,22+,23+,24-/m0/s1. The minimum Gasteiger partial charge on any atom is -0.491 e. The summed E-state index contributed by atoms with van der Waals surface area (Å²) < 4.78 is 13.6. The Labute approximate surface area is 184 Å². The van der Waals surface area contributed by atoms with E-state index < -0.39 is 18.3 Å². The molecule has 3 rings (SSSR count). The molecule has 2 heterocycles. The van der Waals surface area contributed by atoms with E-state index in [9.17, 15) is 15.3 Å². The highest BCUT2D eigenvalue weighted by atomic mass is 16.5. The third kappa shape index (κ3) is 5.66. The number of aromatic nitrogens is 2. The molecule has 2 aromatic rings. The zero-order valence-corrected chi connectivity index (χ0v) is 19.2. The van der Waals surface area contributed by atoms with E-state index in [0.29, 0.717) is 12.8 Å². The maximum absolute atomic E-state index is 10.2. The Morgan fingerprint density at radius 1 is 1.16 bits per heavy atom. The second-order valence-corrected chi connectivity index (χ2v) is 9.01. The number of hydrogen-bond acceptors (Lipinski definition) is 6. The van der Waals surface area contributed by atoms with Crippen molar-refractivity contribution in [3.63, 3.8) is 0 Å². The molecule has 0 unspecified atom stereocenters. The van der Waals surface area contributed by atoms with Crippen LogP contribution in [0.1, 0.15) is 62.7 Å². The van der Waals surface area contributed by atoms with Crippen LogP contribution in [-0.4, -0.2) is 62.2 Å². The van der Waals surface area contributed by atoms with E-state index >= 15 is 0 Å². The van der Waals surface area contributed by atoms with Crippen molar-refractivity contribution in [3.05, 3.63) is 46.8 Å². The van der Waals surface area contributed by atoms with Gasteiger partial charge in [-0.3, -0.25) is 4.68 Å². The fourth-order valence-corrected chi connectivity index (χ4v) is 4.21. The molecule has 0 saturated carbocycles. The van der Waals surface area contributed by atoms with Gasteiger partial charge in [0.25, 0.3) is 0 Å². The van der Waals surface area contributed by atoms with Crippen molar-refractivity contribution in [2.24, 2.45) is 0 Å². The predicted molar refractivity (Wildman–Crippen MR) is 118 cm³/mol. The van der Waals surface area contributed by atoms with Crippen LogP contribution in [0.3, 0.4) is 0 Å². The highest BCUT2D eigenvalue weighted by molar-refractivity contribution is 5.36. The Kier molecular flexibility index (Phi) is 7.75. The summed E-state index contributed by atoms with van der Waals surface area (Å²) in [7, 11) is 0. The third-order valence-electron chi connectivity index (χ3n) is 5.77. The fraction of sp³-hybridized carbons (Fsp3) is 0.625. The summed E-state index contributed by atoms with van der Waals surface area (Å²) in [5, 5.41) is 34.5. The van der Waals surface area contributed by atoms with Gasteiger partial charge in [-0.1, -0.05) is 12.1 Å². The van der Waals surface area contributed by atoms with Crippen LogP contribution in [0.25, 0.3) is 0 Å². The van der Waals surface area contributed by atoms with Gasteiger partial charge in [0, 0.05) is 36.6 Å². The van der Waals surface area contributed by atoms with Gasteiger partial charge in [0.05, 0.1) is 30.6 Å². The van der Waals surface area contributed by atoms with Crippen LogP contribution in [-0.2, 0) is 17.6 Å². The Morgan fingerprint density at radius 3 is 2.42 bits per heavy atom. The van der Waals surface area contributed by atoms with Gasteiger partial charge in [-0.2, -0.15) is 5.10 Å². The maximum Gasteiger partial charge on any atom is 0.119 e. The number of rotatable bonds is 8. The van der Waals surface area contributed by atoms with Gasteiger partial charge in [0.1, 0.15) is 18.0 Å². The SMILES string of the molecule is Cc1c(Cc2ccc(OC(C)C)cc2)c(C[C@H]2C[C@@H](O)[C@H](O)[C@@H](CO)O2)nn1C(C)C. The molecule has 1 aliphatic heterocycles. The van der Waals surface area contributed by atoms with Crippen LogP contribution in [0, 0.1) is 6.92 Å². The zero-order valence-electron chi connectivity index (χ0n) is 19.2. The van der Waals surface area contributed by atoms with Gasteiger partial charge < -0.3 is 24.8 Å². The second kappa shape index (κ2) is 10.1. The van der Waals surface area contributed by atoms with Crippen molar-refractivity contribution in [1.29, 1.82) is 0 Å². The van der Waals surface area contributed by atoms with E-state index in [1.54, 1.807) is 0 Å². The summed E-state index contributed by atoms with van der Waals surface area (Å²) in [6.45, 7) is 9.98. The van der Waals surface area contributed by atoms with Gasteiger partial charge in [0.2, 0.25) is 0 Å². The summed E-state index contributed by atoms with van der Waals surface area (Å²) in [6.07, 6.45) is -1.38. The molecule has 1 aromatic carbocycles. The van der Waals surface area contributed by atoms with Crippen LogP contribution >= 0.6 is 0 Å². The number of aliphatic hydroxyl groups excluding tert-OH is 3. The number of hydrogen-bond donors (Lipinski definition) is 3. The first-order valence-electron chi connectivity index (χ1n) is 11.1. The molecule has 0 amide bonds. The molecule has 7 nitrogen and oxygen atoms in total. The summed E-state index contributed by atoms with van der Waals surface area (Å²) in [4.78, 5) is 0. The molecule has 0 spiro atoms. The van der Waals surface area contributed by atoms with Crippen molar-refractivity contribution in [3.8, 4) is 5.75 Å². The summed E-state index contributed by atoms with van der Waals surface area (Å²) >= 11 is 0. The lowest BCUT2D eigenvalue weighted by molar-refractivity contribution is -0.179. The third-order valence-corrected chi connectivity index (χ3v) is 5.77. The average molecular weight is 433 g/mol. The van der Waals surface area contributed by atoms with Gasteiger partial charge in [-0.25, -0.2) is 0 Å². The summed E-state index contributed by atoms with van der Waals surface area (Å²) in [6, 6.07) is 8.36. The average Bonchev–Trinajstić information content (AvgIpc) is 3.01. The molecule has 1 aromatic heterocycles.